The van der Waals surface area contributed by atoms with Crippen LogP contribution in [0.4, 0.5) is 0 Å². The molecule has 0 rings (SSSR count). The van der Waals surface area contributed by atoms with Crippen LogP contribution in [-0.4, -0.2) is 51.1 Å². The molecular formula is C10H23N3O. The van der Waals surface area contributed by atoms with Crippen molar-refractivity contribution in [2.24, 2.45) is 5.92 Å². The van der Waals surface area contributed by atoms with Gasteiger partial charge in [0.2, 0.25) is 5.91 Å². The number of amides is 1. The molecule has 0 aliphatic rings. The lowest BCUT2D eigenvalue weighted by atomic mass is 10.0. The topological polar surface area (TPSA) is 44.4 Å². The quantitative estimate of drug-likeness (QED) is 0.631. The second-order valence-electron chi connectivity index (χ2n) is 4.11. The van der Waals surface area contributed by atoms with E-state index in [1.165, 1.54) is 0 Å². The predicted octanol–water partition coefficient (Wildman–Crippen LogP) is -0.0918. The van der Waals surface area contributed by atoms with Crippen LogP contribution in [0.3, 0.4) is 0 Å². The van der Waals surface area contributed by atoms with Gasteiger partial charge >= 0.3 is 0 Å². The minimum atomic E-state index is 0.0556. The number of carbonyl (C=O) groups excluding carboxylic acids is 1. The first kappa shape index (κ1) is 13.4. The summed E-state index contributed by atoms with van der Waals surface area (Å²) in [5.41, 5.74) is 0. The van der Waals surface area contributed by atoms with E-state index in [1.807, 2.05) is 14.1 Å². The third-order valence-corrected chi connectivity index (χ3v) is 2.28. The van der Waals surface area contributed by atoms with Gasteiger partial charge in [0.25, 0.3) is 0 Å². The Morgan fingerprint density at radius 2 is 1.93 bits per heavy atom. The van der Waals surface area contributed by atoms with E-state index < -0.39 is 0 Å². The monoisotopic (exact) mass is 201 g/mol. The van der Waals surface area contributed by atoms with Gasteiger partial charge in [-0.3, -0.25) is 4.79 Å². The van der Waals surface area contributed by atoms with Crippen LogP contribution in [0.15, 0.2) is 0 Å². The molecular weight excluding hydrogens is 178 g/mol. The molecule has 0 bridgehead atoms. The van der Waals surface area contributed by atoms with Crippen molar-refractivity contribution in [3.63, 3.8) is 0 Å². The Labute approximate surface area is 87.0 Å². The van der Waals surface area contributed by atoms with Gasteiger partial charge in [-0.15, -0.1) is 0 Å². The molecule has 0 saturated carbocycles. The van der Waals surface area contributed by atoms with Gasteiger partial charge in [-0.2, -0.15) is 0 Å². The third-order valence-electron chi connectivity index (χ3n) is 2.28. The Balaban J connectivity index is 3.88. The second-order valence-corrected chi connectivity index (χ2v) is 4.11. The van der Waals surface area contributed by atoms with Crippen LogP contribution in [0.1, 0.15) is 13.8 Å². The third kappa shape index (κ3) is 5.19. The Morgan fingerprint density at radius 3 is 2.29 bits per heavy atom. The molecule has 0 spiro atoms. The molecule has 1 unspecified atom stereocenters. The molecule has 0 aromatic rings. The number of nitrogens with zero attached hydrogens (tertiary/aromatic N) is 1. The zero-order valence-electron chi connectivity index (χ0n) is 9.92. The summed E-state index contributed by atoms with van der Waals surface area (Å²) in [6.45, 7) is 5.42. The van der Waals surface area contributed by atoms with Crippen molar-refractivity contribution in [1.82, 2.24) is 15.5 Å². The highest BCUT2D eigenvalue weighted by molar-refractivity contribution is 5.77. The van der Waals surface area contributed by atoms with Crippen molar-refractivity contribution in [3.05, 3.63) is 0 Å². The van der Waals surface area contributed by atoms with Gasteiger partial charge in [0.15, 0.2) is 0 Å². The van der Waals surface area contributed by atoms with E-state index >= 15 is 0 Å². The lowest BCUT2D eigenvalue weighted by Crippen LogP contribution is -2.45. The van der Waals surface area contributed by atoms with Crippen LogP contribution in [0.5, 0.6) is 0 Å². The molecule has 14 heavy (non-hydrogen) atoms. The van der Waals surface area contributed by atoms with Crippen LogP contribution in [0.25, 0.3) is 0 Å². The predicted molar refractivity (Wildman–Crippen MR) is 59.2 cm³/mol. The molecule has 4 heteroatoms. The maximum absolute atomic E-state index is 11.2. The van der Waals surface area contributed by atoms with Crippen LogP contribution in [0.2, 0.25) is 0 Å². The maximum Gasteiger partial charge on any atom is 0.234 e. The van der Waals surface area contributed by atoms with E-state index in [4.69, 9.17) is 0 Å². The van der Waals surface area contributed by atoms with Crippen LogP contribution >= 0.6 is 0 Å². The van der Waals surface area contributed by atoms with E-state index in [9.17, 15) is 4.79 Å². The summed E-state index contributed by atoms with van der Waals surface area (Å²) in [6.07, 6.45) is 0. The van der Waals surface area contributed by atoms with Crippen molar-refractivity contribution in [2.45, 2.75) is 19.9 Å². The van der Waals surface area contributed by atoms with Gasteiger partial charge in [-0.05, 0) is 27.1 Å². The molecule has 0 aromatic heterocycles. The van der Waals surface area contributed by atoms with Crippen molar-refractivity contribution in [2.75, 3.05) is 34.2 Å². The Kier molecular flexibility index (Phi) is 6.49. The van der Waals surface area contributed by atoms with Gasteiger partial charge in [0.05, 0.1) is 6.54 Å². The Bertz CT molecular complexity index is 161. The summed E-state index contributed by atoms with van der Waals surface area (Å²) >= 11 is 0. The highest BCUT2D eigenvalue weighted by Crippen LogP contribution is 2.05. The molecule has 0 heterocycles. The number of hydrogen-bond acceptors (Lipinski definition) is 3. The van der Waals surface area contributed by atoms with E-state index in [1.54, 1.807) is 7.05 Å². The number of carbonyl (C=O) groups is 1. The summed E-state index contributed by atoms with van der Waals surface area (Å²) in [7, 11) is 5.84. The van der Waals surface area contributed by atoms with E-state index in [2.05, 4.69) is 29.4 Å². The van der Waals surface area contributed by atoms with Crippen molar-refractivity contribution >= 4 is 5.91 Å². The molecule has 0 aliphatic carbocycles. The first-order valence-corrected chi connectivity index (χ1v) is 5.06. The van der Waals surface area contributed by atoms with Crippen LogP contribution in [-0.2, 0) is 4.79 Å². The van der Waals surface area contributed by atoms with Gasteiger partial charge in [-0.25, -0.2) is 0 Å². The summed E-state index contributed by atoms with van der Waals surface area (Å²) in [5, 5.41) is 5.73. The molecule has 1 amide bonds. The van der Waals surface area contributed by atoms with Crippen molar-refractivity contribution in [3.8, 4) is 0 Å². The number of nitrogens with one attached hydrogen (secondary N) is 2. The van der Waals surface area contributed by atoms with Gasteiger partial charge in [0, 0.05) is 12.6 Å². The fourth-order valence-electron chi connectivity index (χ4n) is 1.46. The minimum Gasteiger partial charge on any atom is -0.353 e. The molecule has 0 aliphatic heterocycles. The second kappa shape index (κ2) is 6.79. The van der Waals surface area contributed by atoms with E-state index in [-0.39, 0.29) is 5.91 Å². The fraction of sp³-hybridized carbons (Fsp3) is 0.900. The molecule has 4 nitrogen and oxygen atoms in total. The first-order chi connectivity index (χ1) is 6.49. The fourth-order valence-corrected chi connectivity index (χ4v) is 1.46. The SMILES string of the molecule is CNCC(=O)NCC(C(C)C)N(C)C. The van der Waals surface area contributed by atoms with Gasteiger partial charge < -0.3 is 15.5 Å². The zero-order valence-corrected chi connectivity index (χ0v) is 9.92. The van der Waals surface area contributed by atoms with Gasteiger partial charge in [-0.1, -0.05) is 13.8 Å². The van der Waals surface area contributed by atoms with Crippen LogP contribution < -0.4 is 10.6 Å². The highest BCUT2D eigenvalue weighted by Gasteiger charge is 2.15. The number of rotatable bonds is 6. The normalized spacial score (nSPS) is 13.4. The smallest absolute Gasteiger partial charge is 0.234 e. The average Bonchev–Trinajstić information content (AvgIpc) is 2.03. The van der Waals surface area contributed by atoms with Crippen molar-refractivity contribution in [1.29, 1.82) is 0 Å². The zero-order chi connectivity index (χ0) is 11.1. The molecule has 0 fully saturated rings. The van der Waals surface area contributed by atoms with Crippen LogP contribution in [0, 0.1) is 5.92 Å². The summed E-state index contributed by atoms with van der Waals surface area (Å²) in [6, 6.07) is 0.399. The molecule has 0 saturated heterocycles. The maximum atomic E-state index is 11.2. The summed E-state index contributed by atoms with van der Waals surface area (Å²) in [4.78, 5) is 13.3. The first-order valence-electron chi connectivity index (χ1n) is 5.06. The lowest BCUT2D eigenvalue weighted by molar-refractivity contribution is -0.120. The highest BCUT2D eigenvalue weighted by atomic mass is 16.1. The van der Waals surface area contributed by atoms with E-state index in [0.717, 1.165) is 0 Å². The largest absolute Gasteiger partial charge is 0.353 e. The molecule has 1 atom stereocenters. The van der Waals surface area contributed by atoms with Crippen molar-refractivity contribution < 1.29 is 4.79 Å². The number of hydrogen-bond donors (Lipinski definition) is 2. The average molecular weight is 201 g/mol. The number of likely N-dealkylation sites (N-methyl/N-ethyl adjacent to an activating group) is 2. The molecule has 2 N–H and O–H groups in total. The minimum absolute atomic E-state index is 0.0556. The summed E-state index contributed by atoms with van der Waals surface area (Å²) in [5.74, 6) is 0.597. The lowest BCUT2D eigenvalue weighted by Gasteiger charge is -2.28. The van der Waals surface area contributed by atoms with E-state index in [0.29, 0.717) is 25.0 Å². The molecule has 0 aromatic carbocycles. The standard InChI is InChI=1S/C10H23N3O/c1-8(2)9(13(4)5)6-12-10(14)7-11-3/h8-9,11H,6-7H2,1-5H3,(H,12,14). The van der Waals surface area contributed by atoms with Gasteiger partial charge in [0.1, 0.15) is 0 Å². The summed E-state index contributed by atoms with van der Waals surface area (Å²) < 4.78 is 0. The molecule has 0 radical (unpaired) electrons. The molecule has 84 valence electrons. The Hall–Kier alpha value is -0.610. The Morgan fingerprint density at radius 1 is 1.36 bits per heavy atom.